The fourth-order valence-electron chi connectivity index (χ4n) is 1.02. The molecular formula is C9H12FN3. The fourth-order valence-corrected chi connectivity index (χ4v) is 1.02. The van der Waals surface area contributed by atoms with E-state index in [1.807, 2.05) is 30.3 Å². The number of nitrogens with two attached hydrogens (primary N) is 2. The molecule has 1 aromatic carbocycles. The van der Waals surface area contributed by atoms with Crippen LogP contribution in [0.15, 0.2) is 35.3 Å². The Morgan fingerprint density at radius 1 is 1.31 bits per heavy atom. The minimum absolute atomic E-state index is 0.207. The van der Waals surface area contributed by atoms with Gasteiger partial charge in [-0.3, -0.25) is 0 Å². The molecule has 0 aromatic heterocycles. The predicted octanol–water partition coefficient (Wildman–Crippen LogP) is 0.798. The zero-order chi connectivity index (χ0) is 9.68. The summed E-state index contributed by atoms with van der Waals surface area (Å²) in [6.07, 6.45) is -1.15. The quantitative estimate of drug-likeness (QED) is 0.411. The zero-order valence-electron chi connectivity index (χ0n) is 7.15. The van der Waals surface area contributed by atoms with E-state index in [1.54, 1.807) is 0 Å². The molecule has 0 aliphatic rings. The van der Waals surface area contributed by atoms with Gasteiger partial charge in [-0.15, -0.1) is 0 Å². The molecule has 3 nitrogen and oxygen atoms in total. The highest BCUT2D eigenvalue weighted by Gasteiger charge is 2.04. The standard InChI is InChI=1S/C9H12FN3/c10-8(13-9(11)12)6-7-4-2-1-3-5-7/h1-5,8H,6H2,(H4,11,12,13). The molecule has 70 valence electrons. The average Bonchev–Trinajstić information content (AvgIpc) is 2.04. The molecule has 4 heteroatoms. The highest BCUT2D eigenvalue weighted by atomic mass is 19.1. The van der Waals surface area contributed by atoms with E-state index in [4.69, 9.17) is 11.5 Å². The maximum absolute atomic E-state index is 13.0. The van der Waals surface area contributed by atoms with E-state index < -0.39 is 6.30 Å². The summed E-state index contributed by atoms with van der Waals surface area (Å²) in [7, 11) is 0. The van der Waals surface area contributed by atoms with Crippen molar-refractivity contribution >= 4 is 5.96 Å². The van der Waals surface area contributed by atoms with Gasteiger partial charge >= 0.3 is 0 Å². The molecule has 0 heterocycles. The van der Waals surface area contributed by atoms with Crippen LogP contribution in [0.5, 0.6) is 0 Å². The van der Waals surface area contributed by atoms with Crippen molar-refractivity contribution in [3.8, 4) is 0 Å². The van der Waals surface area contributed by atoms with Crippen molar-refractivity contribution in [2.24, 2.45) is 16.5 Å². The van der Waals surface area contributed by atoms with Crippen molar-refractivity contribution in [1.29, 1.82) is 0 Å². The molecular weight excluding hydrogens is 169 g/mol. The first-order valence-corrected chi connectivity index (χ1v) is 3.95. The van der Waals surface area contributed by atoms with Gasteiger partial charge in [0, 0.05) is 6.42 Å². The summed E-state index contributed by atoms with van der Waals surface area (Å²) in [5.41, 5.74) is 10.9. The second-order valence-corrected chi connectivity index (χ2v) is 2.68. The second-order valence-electron chi connectivity index (χ2n) is 2.68. The van der Waals surface area contributed by atoms with Gasteiger partial charge in [0.05, 0.1) is 0 Å². The van der Waals surface area contributed by atoms with Gasteiger partial charge in [0.2, 0.25) is 0 Å². The second kappa shape index (κ2) is 4.45. The summed E-state index contributed by atoms with van der Waals surface area (Å²) in [5, 5.41) is 0. The van der Waals surface area contributed by atoms with Crippen LogP contribution in [0.2, 0.25) is 0 Å². The Labute approximate surface area is 76.3 Å². The lowest BCUT2D eigenvalue weighted by Gasteiger charge is -2.02. The Bertz CT molecular complexity index is 280. The number of rotatable bonds is 3. The van der Waals surface area contributed by atoms with Crippen LogP contribution in [0.25, 0.3) is 0 Å². The van der Waals surface area contributed by atoms with Crippen molar-refractivity contribution in [2.45, 2.75) is 12.7 Å². The van der Waals surface area contributed by atoms with Gasteiger partial charge < -0.3 is 11.5 Å². The van der Waals surface area contributed by atoms with E-state index in [0.717, 1.165) is 5.56 Å². The van der Waals surface area contributed by atoms with Gasteiger partial charge in [0.25, 0.3) is 0 Å². The number of halogens is 1. The molecule has 0 saturated heterocycles. The Morgan fingerprint density at radius 2 is 1.92 bits per heavy atom. The van der Waals surface area contributed by atoms with E-state index in [2.05, 4.69) is 4.99 Å². The summed E-state index contributed by atoms with van der Waals surface area (Å²) < 4.78 is 13.0. The number of benzene rings is 1. The maximum Gasteiger partial charge on any atom is 0.197 e. The van der Waals surface area contributed by atoms with Crippen LogP contribution in [-0.2, 0) is 6.42 Å². The van der Waals surface area contributed by atoms with Crippen LogP contribution in [0.3, 0.4) is 0 Å². The Kier molecular flexibility index (Phi) is 3.25. The van der Waals surface area contributed by atoms with Crippen LogP contribution in [0.4, 0.5) is 4.39 Å². The van der Waals surface area contributed by atoms with Crippen molar-refractivity contribution in [1.82, 2.24) is 0 Å². The molecule has 0 bridgehead atoms. The maximum atomic E-state index is 13.0. The van der Waals surface area contributed by atoms with Gasteiger partial charge in [0.1, 0.15) is 0 Å². The molecule has 0 fully saturated rings. The van der Waals surface area contributed by atoms with Gasteiger partial charge in [0.15, 0.2) is 12.3 Å². The number of hydrogen-bond acceptors (Lipinski definition) is 1. The third-order valence-electron chi connectivity index (χ3n) is 1.54. The monoisotopic (exact) mass is 181 g/mol. The third kappa shape index (κ3) is 3.55. The van der Waals surface area contributed by atoms with Gasteiger partial charge in [-0.2, -0.15) is 0 Å². The first kappa shape index (κ1) is 9.51. The SMILES string of the molecule is NC(N)=NC(F)Cc1ccccc1. The summed E-state index contributed by atoms with van der Waals surface area (Å²) >= 11 is 0. The lowest BCUT2D eigenvalue weighted by atomic mass is 10.1. The Morgan fingerprint density at radius 3 is 2.46 bits per heavy atom. The van der Waals surface area contributed by atoms with E-state index in [-0.39, 0.29) is 12.4 Å². The van der Waals surface area contributed by atoms with Gasteiger partial charge in [-0.25, -0.2) is 9.38 Å². The van der Waals surface area contributed by atoms with Crippen LogP contribution < -0.4 is 11.5 Å². The normalized spacial score (nSPS) is 12.1. The molecule has 1 rings (SSSR count). The molecule has 0 aliphatic heterocycles. The number of nitrogens with zero attached hydrogens (tertiary/aromatic N) is 1. The number of aliphatic imine (C=N–C) groups is 1. The molecule has 1 unspecified atom stereocenters. The summed E-state index contributed by atoms with van der Waals surface area (Å²) in [5.74, 6) is -0.219. The minimum atomic E-state index is -1.35. The van der Waals surface area contributed by atoms with E-state index in [9.17, 15) is 4.39 Å². The molecule has 0 spiro atoms. The minimum Gasteiger partial charge on any atom is -0.370 e. The molecule has 0 aliphatic carbocycles. The summed E-state index contributed by atoms with van der Waals surface area (Å²) in [6, 6.07) is 9.22. The van der Waals surface area contributed by atoms with Crippen LogP contribution in [-0.4, -0.2) is 12.3 Å². The fraction of sp³-hybridized carbons (Fsp3) is 0.222. The van der Waals surface area contributed by atoms with Crippen molar-refractivity contribution < 1.29 is 4.39 Å². The summed E-state index contributed by atoms with van der Waals surface area (Å²) in [6.45, 7) is 0. The first-order chi connectivity index (χ1) is 6.18. The lowest BCUT2D eigenvalue weighted by Crippen LogP contribution is -2.25. The number of hydrogen-bond donors (Lipinski definition) is 2. The van der Waals surface area contributed by atoms with E-state index in [1.165, 1.54) is 0 Å². The molecule has 4 N–H and O–H groups in total. The highest BCUT2D eigenvalue weighted by molar-refractivity contribution is 5.75. The predicted molar refractivity (Wildman–Crippen MR) is 50.9 cm³/mol. The molecule has 1 atom stereocenters. The van der Waals surface area contributed by atoms with E-state index >= 15 is 0 Å². The zero-order valence-corrected chi connectivity index (χ0v) is 7.15. The van der Waals surface area contributed by atoms with Crippen molar-refractivity contribution in [3.05, 3.63) is 35.9 Å². The first-order valence-electron chi connectivity index (χ1n) is 3.95. The Hall–Kier alpha value is -1.58. The molecule has 0 radical (unpaired) electrons. The Balaban J connectivity index is 2.55. The molecule has 13 heavy (non-hydrogen) atoms. The average molecular weight is 181 g/mol. The smallest absolute Gasteiger partial charge is 0.197 e. The molecule has 0 amide bonds. The highest BCUT2D eigenvalue weighted by Crippen LogP contribution is 2.06. The van der Waals surface area contributed by atoms with Crippen molar-refractivity contribution in [2.75, 3.05) is 0 Å². The van der Waals surface area contributed by atoms with Crippen molar-refractivity contribution in [3.63, 3.8) is 0 Å². The topological polar surface area (TPSA) is 64.4 Å². The van der Waals surface area contributed by atoms with Gasteiger partial charge in [-0.1, -0.05) is 30.3 Å². The van der Waals surface area contributed by atoms with Crippen LogP contribution >= 0.6 is 0 Å². The largest absolute Gasteiger partial charge is 0.370 e. The third-order valence-corrected chi connectivity index (χ3v) is 1.54. The lowest BCUT2D eigenvalue weighted by molar-refractivity contribution is 0.345. The summed E-state index contributed by atoms with van der Waals surface area (Å²) in [4.78, 5) is 3.38. The van der Waals surface area contributed by atoms with Gasteiger partial charge in [-0.05, 0) is 5.56 Å². The number of alkyl halides is 1. The number of guanidine groups is 1. The van der Waals surface area contributed by atoms with Crippen LogP contribution in [0, 0.1) is 0 Å². The van der Waals surface area contributed by atoms with E-state index in [0.29, 0.717) is 0 Å². The molecule has 0 saturated carbocycles. The molecule has 1 aromatic rings. The van der Waals surface area contributed by atoms with Crippen LogP contribution in [0.1, 0.15) is 5.56 Å².